The van der Waals surface area contributed by atoms with Crippen LogP contribution in [0.15, 0.2) is 34.6 Å². The Morgan fingerprint density at radius 1 is 1.39 bits per heavy atom. The van der Waals surface area contributed by atoms with Gasteiger partial charge in [-0.25, -0.2) is 0 Å². The van der Waals surface area contributed by atoms with E-state index in [-0.39, 0.29) is 11.3 Å². The van der Waals surface area contributed by atoms with Crippen LogP contribution in [0.3, 0.4) is 0 Å². The summed E-state index contributed by atoms with van der Waals surface area (Å²) in [7, 11) is 0. The van der Waals surface area contributed by atoms with Gasteiger partial charge in [-0.3, -0.25) is 5.41 Å². The summed E-state index contributed by atoms with van der Waals surface area (Å²) in [5.74, 6) is 0.644. The molecule has 0 atom stereocenters. The number of rotatable bonds is 1. The van der Waals surface area contributed by atoms with E-state index in [9.17, 15) is 0 Å². The first-order valence-corrected chi connectivity index (χ1v) is 6.28. The molecule has 1 aliphatic rings. The zero-order valence-corrected chi connectivity index (χ0v) is 11.7. The van der Waals surface area contributed by atoms with Gasteiger partial charge >= 0.3 is 0 Å². The first-order chi connectivity index (χ1) is 8.45. The second-order valence-electron chi connectivity index (χ2n) is 4.60. The Morgan fingerprint density at radius 2 is 2.06 bits per heavy atom. The van der Waals surface area contributed by atoms with Gasteiger partial charge in [-0.15, -0.1) is 0 Å². The Morgan fingerprint density at radius 3 is 2.72 bits per heavy atom. The van der Waals surface area contributed by atoms with E-state index in [0.717, 1.165) is 11.3 Å². The molecule has 1 aromatic rings. The average Bonchev–Trinajstić information content (AvgIpc) is 2.36. The molecule has 0 aromatic heterocycles. The van der Waals surface area contributed by atoms with E-state index in [0.29, 0.717) is 10.3 Å². The molecule has 0 unspecified atom stereocenters. The molecule has 1 aromatic carbocycles. The van der Waals surface area contributed by atoms with Crippen molar-refractivity contribution in [1.29, 1.82) is 10.7 Å². The lowest BCUT2D eigenvalue weighted by molar-refractivity contribution is 0.441. The Balaban J connectivity index is 2.51. The molecule has 2 rings (SSSR count). The fraction of sp³-hybridized carbons (Fsp3) is 0.231. The van der Waals surface area contributed by atoms with Crippen molar-refractivity contribution in [3.63, 3.8) is 0 Å². The first-order valence-electron chi connectivity index (χ1n) is 5.49. The summed E-state index contributed by atoms with van der Waals surface area (Å²) in [6.45, 7) is 4.12. The van der Waals surface area contributed by atoms with Crippen molar-refractivity contribution in [2.75, 3.05) is 5.32 Å². The van der Waals surface area contributed by atoms with Gasteiger partial charge < -0.3 is 10.6 Å². The Labute approximate surface area is 114 Å². The second-order valence-corrected chi connectivity index (χ2v) is 5.39. The highest BCUT2D eigenvalue weighted by molar-refractivity contribution is 9.12. The molecule has 0 spiro atoms. The molecule has 0 aliphatic carbocycles. The lowest BCUT2D eigenvalue weighted by atomic mass is 9.90. The molecular weight excluding hydrogens is 292 g/mol. The molecular formula is C13H13BrN4. The number of allylic oxidation sites excluding steroid dienone is 1. The van der Waals surface area contributed by atoms with Gasteiger partial charge in [0, 0.05) is 11.3 Å². The van der Waals surface area contributed by atoms with Crippen LogP contribution in [0.4, 0.5) is 5.69 Å². The summed E-state index contributed by atoms with van der Waals surface area (Å²) in [6, 6.07) is 9.79. The maximum atomic E-state index is 8.77. The van der Waals surface area contributed by atoms with E-state index in [1.165, 1.54) is 0 Å². The van der Waals surface area contributed by atoms with Gasteiger partial charge in [0.1, 0.15) is 17.6 Å². The van der Waals surface area contributed by atoms with Gasteiger partial charge in [0.05, 0.1) is 10.0 Å². The quantitative estimate of drug-likeness (QED) is 0.698. The summed E-state index contributed by atoms with van der Waals surface area (Å²) >= 11 is 3.28. The third-order valence-corrected chi connectivity index (χ3v) is 3.64. The minimum absolute atomic E-state index is 0.111. The highest BCUT2D eigenvalue weighted by Gasteiger charge is 2.30. The monoisotopic (exact) mass is 304 g/mol. The van der Waals surface area contributed by atoms with Crippen LogP contribution < -0.4 is 10.6 Å². The summed E-state index contributed by atoms with van der Waals surface area (Å²) in [5.41, 5.74) is 1.77. The number of nitriles is 1. The topological polar surface area (TPSA) is 71.7 Å². The third-order valence-electron chi connectivity index (χ3n) is 2.85. The van der Waals surface area contributed by atoms with Crippen LogP contribution in [0.5, 0.6) is 0 Å². The van der Waals surface area contributed by atoms with Crippen LogP contribution in [0.25, 0.3) is 0 Å². The predicted octanol–water partition coefficient (Wildman–Crippen LogP) is 3.04. The van der Waals surface area contributed by atoms with Crippen molar-refractivity contribution < 1.29 is 0 Å². The zero-order chi connectivity index (χ0) is 13.3. The standard InChI is InChI=1S/C13H13BrN4/c1-13(2)8-5-3-4-6-10(8)17-12(18-13)11(14)9(16)7-15/h3-6,16-18H,1-2H3/b12-11-,16-9?. The van der Waals surface area contributed by atoms with E-state index in [4.69, 9.17) is 10.7 Å². The number of fused-ring (bicyclic) bond motifs is 1. The minimum Gasteiger partial charge on any atom is -0.362 e. The number of anilines is 1. The van der Waals surface area contributed by atoms with Crippen molar-refractivity contribution in [2.24, 2.45) is 0 Å². The number of hydrogen-bond acceptors (Lipinski definition) is 4. The number of nitrogens with one attached hydrogen (secondary N) is 3. The summed E-state index contributed by atoms with van der Waals surface area (Å²) in [4.78, 5) is 0. The van der Waals surface area contributed by atoms with E-state index in [2.05, 4.69) is 46.5 Å². The van der Waals surface area contributed by atoms with E-state index in [1.54, 1.807) is 0 Å². The smallest absolute Gasteiger partial charge is 0.150 e. The maximum Gasteiger partial charge on any atom is 0.150 e. The van der Waals surface area contributed by atoms with Crippen molar-refractivity contribution >= 4 is 27.3 Å². The second kappa shape index (κ2) is 4.46. The van der Waals surface area contributed by atoms with Crippen LogP contribution in [-0.2, 0) is 5.54 Å². The lowest BCUT2D eigenvalue weighted by Gasteiger charge is -2.37. The summed E-state index contributed by atoms with van der Waals surface area (Å²) < 4.78 is 0.438. The Kier molecular flexibility index (Phi) is 3.14. The fourth-order valence-corrected chi connectivity index (χ4v) is 2.25. The molecule has 4 nitrogen and oxygen atoms in total. The van der Waals surface area contributed by atoms with Crippen LogP contribution in [0.2, 0.25) is 0 Å². The maximum absolute atomic E-state index is 8.77. The van der Waals surface area contributed by atoms with Gasteiger partial charge in [-0.05, 0) is 35.8 Å². The molecule has 5 heteroatoms. The minimum atomic E-state index is -0.258. The van der Waals surface area contributed by atoms with Crippen molar-refractivity contribution in [1.82, 2.24) is 5.32 Å². The zero-order valence-electron chi connectivity index (χ0n) is 10.1. The first kappa shape index (κ1) is 12.7. The number of para-hydroxylation sites is 1. The molecule has 3 N–H and O–H groups in total. The largest absolute Gasteiger partial charge is 0.362 e. The van der Waals surface area contributed by atoms with E-state index < -0.39 is 0 Å². The molecule has 0 fully saturated rings. The van der Waals surface area contributed by atoms with Crippen LogP contribution in [0.1, 0.15) is 19.4 Å². The van der Waals surface area contributed by atoms with Gasteiger partial charge in [0.2, 0.25) is 0 Å². The molecule has 0 saturated heterocycles. The number of halogens is 1. The molecule has 0 amide bonds. The molecule has 0 bridgehead atoms. The molecule has 0 radical (unpaired) electrons. The van der Waals surface area contributed by atoms with E-state index in [1.807, 2.05) is 24.3 Å². The van der Waals surface area contributed by atoms with Gasteiger partial charge in [-0.2, -0.15) is 5.26 Å². The molecule has 1 heterocycles. The van der Waals surface area contributed by atoms with Crippen molar-refractivity contribution in [3.05, 3.63) is 40.1 Å². The van der Waals surface area contributed by atoms with Crippen molar-refractivity contribution in [2.45, 2.75) is 19.4 Å². The SMILES string of the molecule is CC1(C)N/C(=C(\Br)C(=N)C#N)Nc2ccccc21. The predicted molar refractivity (Wildman–Crippen MR) is 75.5 cm³/mol. The highest BCUT2D eigenvalue weighted by Crippen LogP contribution is 2.34. The van der Waals surface area contributed by atoms with Gasteiger partial charge in [0.15, 0.2) is 0 Å². The van der Waals surface area contributed by atoms with Crippen LogP contribution in [0, 0.1) is 16.7 Å². The number of hydrogen-bond donors (Lipinski definition) is 3. The van der Waals surface area contributed by atoms with Gasteiger partial charge in [-0.1, -0.05) is 18.2 Å². The molecule has 0 saturated carbocycles. The third kappa shape index (κ3) is 2.12. The fourth-order valence-electron chi connectivity index (χ4n) is 1.97. The lowest BCUT2D eigenvalue weighted by Crippen LogP contribution is -2.43. The molecule has 92 valence electrons. The van der Waals surface area contributed by atoms with Crippen LogP contribution >= 0.6 is 15.9 Å². The highest BCUT2D eigenvalue weighted by atomic mass is 79.9. The Hall–Kier alpha value is -1.80. The van der Waals surface area contributed by atoms with Crippen LogP contribution in [-0.4, -0.2) is 5.71 Å². The molecule has 18 heavy (non-hydrogen) atoms. The van der Waals surface area contributed by atoms with Crippen molar-refractivity contribution in [3.8, 4) is 6.07 Å². The molecule has 1 aliphatic heterocycles. The normalized spacial score (nSPS) is 18.8. The van der Waals surface area contributed by atoms with Gasteiger partial charge in [0.25, 0.3) is 0 Å². The summed E-state index contributed by atoms with van der Waals surface area (Å²) in [6.07, 6.45) is 0. The van der Waals surface area contributed by atoms with E-state index >= 15 is 0 Å². The number of nitrogens with zero attached hydrogens (tertiary/aromatic N) is 1. The number of benzene rings is 1. The Bertz CT molecular complexity index is 581. The summed E-state index contributed by atoms with van der Waals surface area (Å²) in [5, 5.41) is 22.8. The average molecular weight is 305 g/mol.